The molecule has 38 heavy (non-hydrogen) atoms. The van der Waals surface area contributed by atoms with Gasteiger partial charge in [0.1, 0.15) is 4.32 Å². The van der Waals surface area contributed by atoms with Crippen molar-refractivity contribution in [3.05, 3.63) is 57.0 Å². The summed E-state index contributed by atoms with van der Waals surface area (Å²) >= 11 is 8.61. The number of imide groups is 1. The molecule has 3 amide bonds. The number of hydrogen-bond donors (Lipinski definition) is 1. The first-order chi connectivity index (χ1) is 18.3. The number of thiazole rings is 1. The molecule has 0 spiro atoms. The quantitative estimate of drug-likeness (QED) is 0.136. The molecule has 0 radical (unpaired) electrons. The first-order valence-electron chi connectivity index (χ1n) is 11.8. The largest absolute Gasteiger partial charge is 0.307 e. The van der Waals surface area contributed by atoms with Crippen LogP contribution in [0.25, 0.3) is 16.3 Å². The van der Waals surface area contributed by atoms with Crippen LogP contribution >= 0.6 is 47.1 Å². The van der Waals surface area contributed by atoms with Gasteiger partial charge in [-0.1, -0.05) is 54.6 Å². The summed E-state index contributed by atoms with van der Waals surface area (Å²) in [5, 5.41) is 14.4. The normalized spacial score (nSPS) is 22.4. The zero-order valence-corrected chi connectivity index (χ0v) is 22.8. The third-order valence-electron chi connectivity index (χ3n) is 6.77. The standard InChI is InChI=1S/C25H18N4O5S4/c30-21-20(36-24(35)27-21)10-12-5-8-18(17(9-12)29(33)34)37-25-26-16-7-6-13(11-19(16)38-25)28-22(31)14-3-1-2-4-15(14)23(28)32/h5-11,14-15H,1-4H2,(H,27,30,35)/b20-10-/t14-,15+. The number of amides is 3. The van der Waals surface area contributed by atoms with Crippen molar-refractivity contribution in [1.29, 1.82) is 0 Å². The van der Waals surface area contributed by atoms with Gasteiger partial charge in [0.25, 0.3) is 11.6 Å². The van der Waals surface area contributed by atoms with Gasteiger partial charge in [-0.25, -0.2) is 4.98 Å². The van der Waals surface area contributed by atoms with Crippen molar-refractivity contribution in [1.82, 2.24) is 10.3 Å². The molecule has 0 unspecified atom stereocenters. The van der Waals surface area contributed by atoms with Crippen molar-refractivity contribution in [2.75, 3.05) is 4.90 Å². The number of hydrogen-bond acceptors (Lipinski definition) is 10. The Labute approximate surface area is 234 Å². The summed E-state index contributed by atoms with van der Waals surface area (Å²) in [5.74, 6) is -1.03. The van der Waals surface area contributed by atoms with Crippen molar-refractivity contribution in [2.45, 2.75) is 34.9 Å². The molecule has 2 aromatic carbocycles. The highest BCUT2D eigenvalue weighted by Gasteiger charge is 2.48. The lowest BCUT2D eigenvalue weighted by Gasteiger charge is -2.19. The molecule has 1 N–H and O–H groups in total. The van der Waals surface area contributed by atoms with Crippen LogP contribution < -0.4 is 10.2 Å². The zero-order chi connectivity index (χ0) is 26.6. The van der Waals surface area contributed by atoms with Crippen LogP contribution in [-0.4, -0.2) is 31.9 Å². The Hall–Kier alpha value is -3.13. The average Bonchev–Trinajstić information content (AvgIpc) is 3.52. The Morgan fingerprint density at radius 1 is 1.11 bits per heavy atom. The van der Waals surface area contributed by atoms with E-state index in [1.54, 1.807) is 36.4 Å². The highest BCUT2D eigenvalue weighted by atomic mass is 32.2. The Balaban J connectivity index is 1.27. The molecule has 1 aliphatic carbocycles. The molecule has 13 heteroatoms. The van der Waals surface area contributed by atoms with E-state index in [4.69, 9.17) is 12.2 Å². The van der Waals surface area contributed by atoms with Crippen molar-refractivity contribution in [3.63, 3.8) is 0 Å². The molecule has 3 heterocycles. The number of thiocarbonyl (C=S) groups is 1. The van der Waals surface area contributed by atoms with Crippen LogP contribution in [0.1, 0.15) is 31.2 Å². The topological polar surface area (TPSA) is 123 Å². The lowest BCUT2D eigenvalue weighted by Crippen LogP contribution is -2.30. The minimum atomic E-state index is -0.466. The van der Waals surface area contributed by atoms with Gasteiger partial charge in [0.2, 0.25) is 11.8 Å². The molecule has 1 aromatic heterocycles. The van der Waals surface area contributed by atoms with Gasteiger partial charge in [0, 0.05) is 6.07 Å². The highest BCUT2D eigenvalue weighted by molar-refractivity contribution is 8.26. The van der Waals surface area contributed by atoms with E-state index in [0.717, 1.165) is 42.1 Å². The monoisotopic (exact) mass is 582 g/mol. The van der Waals surface area contributed by atoms with Gasteiger partial charge >= 0.3 is 0 Å². The fraction of sp³-hybridized carbons (Fsp3) is 0.240. The van der Waals surface area contributed by atoms with Crippen LogP contribution in [0.3, 0.4) is 0 Å². The van der Waals surface area contributed by atoms with Gasteiger partial charge in [-0.2, -0.15) is 0 Å². The number of thioether (sulfide) groups is 1. The number of nitrogens with one attached hydrogen (secondary N) is 1. The lowest BCUT2D eigenvalue weighted by molar-refractivity contribution is -0.387. The SMILES string of the molecule is O=C1NC(=S)S/C1=C\c1ccc(Sc2nc3ccc(N4C(=O)[C@H]5CCCC[C@H]5C4=O)cc3s2)c([N+](=O)[O-])c1. The predicted molar refractivity (Wildman–Crippen MR) is 151 cm³/mol. The van der Waals surface area contributed by atoms with Gasteiger partial charge in [-0.05, 0) is 48.7 Å². The van der Waals surface area contributed by atoms with Gasteiger partial charge in [-0.3, -0.25) is 29.4 Å². The minimum absolute atomic E-state index is 0.105. The molecular formula is C25H18N4O5S4. The molecule has 9 nitrogen and oxygen atoms in total. The number of nitro groups is 1. The van der Waals surface area contributed by atoms with E-state index in [0.29, 0.717) is 35.2 Å². The molecule has 3 aromatic rings. The Morgan fingerprint density at radius 2 is 1.84 bits per heavy atom. The number of anilines is 1. The van der Waals surface area contributed by atoms with E-state index in [2.05, 4.69) is 10.3 Å². The first-order valence-corrected chi connectivity index (χ1v) is 14.6. The fourth-order valence-corrected chi connectivity index (χ4v) is 8.20. The molecule has 3 aliphatic rings. The molecule has 0 bridgehead atoms. The number of carbonyl (C=O) groups excluding carboxylic acids is 3. The van der Waals surface area contributed by atoms with Crippen LogP contribution in [0.15, 0.2) is 50.5 Å². The Morgan fingerprint density at radius 3 is 2.50 bits per heavy atom. The van der Waals surface area contributed by atoms with E-state index in [9.17, 15) is 24.5 Å². The Kier molecular flexibility index (Phi) is 6.54. The third-order valence-corrected chi connectivity index (χ3v) is 10.1. The fourth-order valence-electron chi connectivity index (χ4n) is 5.01. The summed E-state index contributed by atoms with van der Waals surface area (Å²) in [6.07, 6.45) is 5.01. The third kappa shape index (κ3) is 4.53. The summed E-state index contributed by atoms with van der Waals surface area (Å²) in [4.78, 5) is 56.0. The maximum atomic E-state index is 13.0. The number of carbonyl (C=O) groups is 3. The molecule has 192 valence electrons. The van der Waals surface area contributed by atoms with Gasteiger partial charge < -0.3 is 5.32 Å². The average molecular weight is 583 g/mol. The predicted octanol–water partition coefficient (Wildman–Crippen LogP) is 5.52. The number of benzene rings is 2. The maximum Gasteiger partial charge on any atom is 0.283 e. The van der Waals surface area contributed by atoms with Gasteiger partial charge in [0.05, 0.1) is 42.5 Å². The van der Waals surface area contributed by atoms with Crippen molar-refractivity contribution >= 4 is 96.8 Å². The molecule has 1 saturated carbocycles. The summed E-state index contributed by atoms with van der Waals surface area (Å²) in [7, 11) is 0. The van der Waals surface area contributed by atoms with Crippen LogP contribution in [0.2, 0.25) is 0 Å². The van der Waals surface area contributed by atoms with E-state index >= 15 is 0 Å². The van der Waals surface area contributed by atoms with Crippen molar-refractivity contribution in [3.8, 4) is 0 Å². The summed E-state index contributed by atoms with van der Waals surface area (Å²) in [6.45, 7) is 0. The minimum Gasteiger partial charge on any atom is -0.307 e. The smallest absolute Gasteiger partial charge is 0.283 e. The second kappa shape index (κ2) is 9.88. The van der Waals surface area contributed by atoms with Crippen LogP contribution in [0.4, 0.5) is 11.4 Å². The number of nitro benzene ring substituents is 1. The summed E-state index contributed by atoms with van der Waals surface area (Å²) in [5.41, 5.74) is 1.63. The first kappa shape index (κ1) is 25.2. The second-order valence-corrected chi connectivity index (χ2v) is 13.1. The van der Waals surface area contributed by atoms with Gasteiger partial charge in [0.15, 0.2) is 4.34 Å². The number of rotatable bonds is 5. The van der Waals surface area contributed by atoms with Crippen molar-refractivity contribution < 1.29 is 19.3 Å². The lowest BCUT2D eigenvalue weighted by atomic mass is 9.81. The highest BCUT2D eigenvalue weighted by Crippen LogP contribution is 2.43. The molecule has 3 fully saturated rings. The number of nitrogens with zero attached hydrogens (tertiary/aromatic N) is 3. The molecule has 2 saturated heterocycles. The molecule has 6 rings (SSSR count). The second-order valence-electron chi connectivity index (χ2n) is 9.08. The van der Waals surface area contributed by atoms with Crippen LogP contribution in [0, 0.1) is 22.0 Å². The Bertz CT molecular complexity index is 1580. The van der Waals surface area contributed by atoms with E-state index in [1.165, 1.54) is 34.1 Å². The van der Waals surface area contributed by atoms with E-state index in [1.807, 2.05) is 0 Å². The molecule has 2 atom stereocenters. The number of aromatic nitrogens is 1. The molecular weight excluding hydrogens is 565 g/mol. The van der Waals surface area contributed by atoms with Crippen LogP contribution in [-0.2, 0) is 14.4 Å². The zero-order valence-electron chi connectivity index (χ0n) is 19.5. The van der Waals surface area contributed by atoms with Crippen LogP contribution in [0.5, 0.6) is 0 Å². The summed E-state index contributed by atoms with van der Waals surface area (Å²) in [6, 6.07) is 10.0. The molecule has 2 aliphatic heterocycles. The number of fused-ring (bicyclic) bond motifs is 2. The van der Waals surface area contributed by atoms with E-state index in [-0.39, 0.29) is 35.2 Å². The van der Waals surface area contributed by atoms with E-state index < -0.39 is 4.92 Å². The maximum absolute atomic E-state index is 13.0. The van der Waals surface area contributed by atoms with Gasteiger partial charge in [-0.15, -0.1) is 11.3 Å². The summed E-state index contributed by atoms with van der Waals surface area (Å²) < 4.78 is 1.72. The van der Waals surface area contributed by atoms with Crippen molar-refractivity contribution in [2.24, 2.45) is 11.8 Å².